The first kappa shape index (κ1) is 19.6. The number of aromatic nitrogens is 1. The molecule has 0 aliphatic rings. The van der Waals surface area contributed by atoms with Crippen molar-refractivity contribution in [3.05, 3.63) is 51.2 Å². The normalized spacial score (nSPS) is 12.4. The molecular weight excluding hydrogens is 359 g/mol. The molecule has 2 rings (SSSR count). The molecule has 0 fully saturated rings. The highest BCUT2D eigenvalue weighted by molar-refractivity contribution is 6.36. The highest BCUT2D eigenvalue weighted by Crippen LogP contribution is 2.35. The van der Waals surface area contributed by atoms with Gasteiger partial charge >= 0.3 is 0 Å². The molecule has 0 radical (unpaired) electrons. The van der Waals surface area contributed by atoms with E-state index in [0.29, 0.717) is 35.0 Å². The van der Waals surface area contributed by atoms with Gasteiger partial charge < -0.3 is 15.1 Å². The van der Waals surface area contributed by atoms with Gasteiger partial charge in [0.15, 0.2) is 5.96 Å². The highest BCUT2D eigenvalue weighted by atomic mass is 35.5. The Labute approximate surface area is 158 Å². The van der Waals surface area contributed by atoms with Crippen LogP contribution >= 0.6 is 23.2 Å². The third kappa shape index (κ3) is 4.89. The SMILES string of the molecule is CN=C(NCc1nc(C)c(C)o1)NCC(C)(C)c1c(Cl)cccc1Cl. The number of aryl methyl sites for hydroxylation is 2. The zero-order chi connectivity index (χ0) is 18.6. The van der Waals surface area contributed by atoms with Gasteiger partial charge in [-0.05, 0) is 31.5 Å². The van der Waals surface area contributed by atoms with E-state index in [9.17, 15) is 0 Å². The van der Waals surface area contributed by atoms with Gasteiger partial charge in [-0.2, -0.15) is 0 Å². The van der Waals surface area contributed by atoms with Crippen molar-refractivity contribution in [1.82, 2.24) is 15.6 Å². The standard InChI is InChI=1S/C18H24Cl2N4O/c1-11-12(2)25-15(24-11)9-22-17(21-5)23-10-18(3,4)16-13(19)7-6-8-14(16)20/h6-8H,9-10H2,1-5H3,(H2,21,22,23). The molecule has 7 heteroatoms. The number of benzene rings is 1. The molecule has 0 spiro atoms. The monoisotopic (exact) mass is 382 g/mol. The van der Waals surface area contributed by atoms with Crippen molar-refractivity contribution in [1.29, 1.82) is 0 Å². The number of aliphatic imine (C=N–C) groups is 1. The molecular formula is C18H24Cl2N4O. The van der Waals surface area contributed by atoms with Gasteiger partial charge in [-0.3, -0.25) is 4.99 Å². The smallest absolute Gasteiger partial charge is 0.214 e. The molecule has 25 heavy (non-hydrogen) atoms. The maximum atomic E-state index is 6.34. The van der Waals surface area contributed by atoms with Crippen molar-refractivity contribution >= 4 is 29.2 Å². The van der Waals surface area contributed by atoms with Crippen LogP contribution in [0, 0.1) is 13.8 Å². The third-order valence-electron chi connectivity index (χ3n) is 4.04. The Morgan fingerprint density at radius 2 is 1.84 bits per heavy atom. The summed E-state index contributed by atoms with van der Waals surface area (Å²) in [6.45, 7) is 9.06. The highest BCUT2D eigenvalue weighted by Gasteiger charge is 2.26. The zero-order valence-corrected chi connectivity index (χ0v) is 16.7. The molecule has 0 aliphatic carbocycles. The first-order valence-electron chi connectivity index (χ1n) is 8.06. The Kier molecular flexibility index (Phi) is 6.36. The molecule has 1 aromatic heterocycles. The summed E-state index contributed by atoms with van der Waals surface area (Å²) in [5.41, 5.74) is 1.54. The van der Waals surface area contributed by atoms with Crippen LogP contribution in [0.25, 0.3) is 0 Å². The Hall–Kier alpha value is -1.72. The lowest BCUT2D eigenvalue weighted by Gasteiger charge is -2.28. The molecule has 0 saturated heterocycles. The predicted octanol–water partition coefficient (Wildman–Crippen LogP) is 4.24. The van der Waals surface area contributed by atoms with Crippen molar-refractivity contribution in [3.8, 4) is 0 Å². The average Bonchev–Trinajstić information content (AvgIpc) is 2.85. The second-order valence-electron chi connectivity index (χ2n) is 6.51. The third-order valence-corrected chi connectivity index (χ3v) is 4.67. The minimum Gasteiger partial charge on any atom is -0.444 e. The summed E-state index contributed by atoms with van der Waals surface area (Å²) in [6.07, 6.45) is 0. The lowest BCUT2D eigenvalue weighted by atomic mass is 9.84. The van der Waals surface area contributed by atoms with Crippen LogP contribution in [0.15, 0.2) is 27.6 Å². The van der Waals surface area contributed by atoms with Gasteiger partial charge in [0.05, 0.1) is 12.2 Å². The van der Waals surface area contributed by atoms with E-state index in [1.165, 1.54) is 0 Å². The van der Waals surface area contributed by atoms with Gasteiger partial charge in [0.25, 0.3) is 0 Å². The van der Waals surface area contributed by atoms with E-state index in [1.54, 1.807) is 7.05 Å². The Morgan fingerprint density at radius 3 is 2.36 bits per heavy atom. The minimum absolute atomic E-state index is 0.275. The molecule has 5 nitrogen and oxygen atoms in total. The lowest BCUT2D eigenvalue weighted by Crippen LogP contribution is -2.43. The number of nitrogens with zero attached hydrogens (tertiary/aromatic N) is 2. The van der Waals surface area contributed by atoms with Crippen LogP contribution in [0.3, 0.4) is 0 Å². The van der Waals surface area contributed by atoms with Crippen LogP contribution < -0.4 is 10.6 Å². The summed E-state index contributed by atoms with van der Waals surface area (Å²) in [7, 11) is 1.72. The van der Waals surface area contributed by atoms with Crippen LogP contribution in [-0.2, 0) is 12.0 Å². The molecule has 0 amide bonds. The first-order valence-corrected chi connectivity index (χ1v) is 8.82. The topological polar surface area (TPSA) is 62.5 Å². The minimum atomic E-state index is -0.275. The lowest BCUT2D eigenvalue weighted by molar-refractivity contribution is 0.461. The molecule has 2 N–H and O–H groups in total. The number of halogens is 2. The summed E-state index contributed by atoms with van der Waals surface area (Å²) in [6, 6.07) is 5.55. The van der Waals surface area contributed by atoms with Crippen molar-refractivity contribution in [2.75, 3.05) is 13.6 Å². The second-order valence-corrected chi connectivity index (χ2v) is 7.32. The van der Waals surface area contributed by atoms with E-state index in [0.717, 1.165) is 17.0 Å². The largest absolute Gasteiger partial charge is 0.444 e. The van der Waals surface area contributed by atoms with E-state index in [2.05, 4.69) is 34.5 Å². The van der Waals surface area contributed by atoms with Crippen molar-refractivity contribution in [2.45, 2.75) is 39.7 Å². The fraction of sp³-hybridized carbons (Fsp3) is 0.444. The van der Waals surface area contributed by atoms with Gasteiger partial charge in [0.1, 0.15) is 5.76 Å². The molecule has 1 heterocycles. The van der Waals surface area contributed by atoms with Crippen LogP contribution in [0.1, 0.15) is 36.8 Å². The zero-order valence-electron chi connectivity index (χ0n) is 15.2. The number of hydrogen-bond acceptors (Lipinski definition) is 3. The van der Waals surface area contributed by atoms with Gasteiger partial charge in [-0.25, -0.2) is 4.98 Å². The number of guanidine groups is 1. The van der Waals surface area contributed by atoms with E-state index in [-0.39, 0.29) is 5.41 Å². The maximum absolute atomic E-state index is 6.34. The van der Waals surface area contributed by atoms with Gasteiger partial charge in [0.2, 0.25) is 5.89 Å². The predicted molar refractivity (Wildman–Crippen MR) is 104 cm³/mol. The number of hydrogen-bond donors (Lipinski definition) is 2. The van der Waals surface area contributed by atoms with Crippen LogP contribution in [0.4, 0.5) is 0 Å². The fourth-order valence-electron chi connectivity index (χ4n) is 2.53. The van der Waals surface area contributed by atoms with E-state index in [1.807, 2.05) is 32.0 Å². The maximum Gasteiger partial charge on any atom is 0.214 e. The summed E-state index contributed by atoms with van der Waals surface area (Å²) in [5.74, 6) is 2.12. The second kappa shape index (κ2) is 8.11. The molecule has 1 aromatic carbocycles. The average molecular weight is 383 g/mol. The Bertz CT molecular complexity index is 729. The molecule has 2 aromatic rings. The summed E-state index contributed by atoms with van der Waals surface area (Å²) >= 11 is 12.7. The molecule has 0 unspecified atom stereocenters. The summed E-state index contributed by atoms with van der Waals surface area (Å²) < 4.78 is 5.56. The van der Waals surface area contributed by atoms with Gasteiger partial charge in [-0.1, -0.05) is 43.1 Å². The van der Waals surface area contributed by atoms with Crippen LogP contribution in [0.2, 0.25) is 10.0 Å². The Balaban J connectivity index is 2.00. The van der Waals surface area contributed by atoms with E-state index in [4.69, 9.17) is 27.6 Å². The van der Waals surface area contributed by atoms with Crippen LogP contribution in [-0.4, -0.2) is 24.5 Å². The molecule has 0 bridgehead atoms. The number of nitrogens with one attached hydrogen (secondary N) is 2. The Morgan fingerprint density at radius 1 is 1.20 bits per heavy atom. The van der Waals surface area contributed by atoms with Crippen LogP contribution in [0.5, 0.6) is 0 Å². The summed E-state index contributed by atoms with van der Waals surface area (Å²) in [5, 5.41) is 7.82. The van der Waals surface area contributed by atoms with E-state index < -0.39 is 0 Å². The van der Waals surface area contributed by atoms with Crippen molar-refractivity contribution in [2.24, 2.45) is 4.99 Å². The fourth-order valence-corrected chi connectivity index (χ4v) is 3.44. The van der Waals surface area contributed by atoms with E-state index >= 15 is 0 Å². The van der Waals surface area contributed by atoms with Crippen molar-refractivity contribution in [3.63, 3.8) is 0 Å². The molecule has 136 valence electrons. The van der Waals surface area contributed by atoms with Gasteiger partial charge in [-0.15, -0.1) is 0 Å². The number of rotatable bonds is 5. The molecule has 0 aliphatic heterocycles. The number of oxazole rings is 1. The van der Waals surface area contributed by atoms with Gasteiger partial charge in [0, 0.05) is 29.1 Å². The van der Waals surface area contributed by atoms with Crippen molar-refractivity contribution < 1.29 is 4.42 Å². The molecule has 0 saturated carbocycles. The first-order chi connectivity index (χ1) is 11.7. The quantitative estimate of drug-likeness (QED) is 0.599. The molecule has 0 atom stereocenters. The summed E-state index contributed by atoms with van der Waals surface area (Å²) in [4.78, 5) is 8.58.